The Balaban J connectivity index is 1.73. The molecule has 0 bridgehead atoms. The monoisotopic (exact) mass is 602 g/mol. The SMILES string of the molecule is CCCCC(CC)COc1c(OC)cc(C=Cc2ccc(C=Cc3cc(OC)c(OC(C)CC)c(OC)c3)cc2)cc1OC. The Morgan fingerprint density at radius 1 is 0.591 bits per heavy atom. The number of benzene rings is 3. The van der Waals surface area contributed by atoms with Crippen LogP contribution in [0.1, 0.15) is 82.1 Å². The Labute approximate surface area is 264 Å². The normalized spacial score (nSPS) is 12.7. The lowest BCUT2D eigenvalue weighted by Gasteiger charge is -2.19. The molecule has 2 unspecified atom stereocenters. The Morgan fingerprint density at radius 2 is 1.02 bits per heavy atom. The highest BCUT2D eigenvalue weighted by Crippen LogP contribution is 2.41. The molecule has 0 radical (unpaired) electrons. The molecule has 3 aromatic carbocycles. The highest BCUT2D eigenvalue weighted by Gasteiger charge is 2.17. The minimum absolute atomic E-state index is 0.0583. The zero-order chi connectivity index (χ0) is 31.9. The molecule has 0 spiro atoms. The van der Waals surface area contributed by atoms with Crippen LogP contribution in [0.4, 0.5) is 0 Å². The fraction of sp³-hybridized carbons (Fsp3) is 0.421. The first kappa shape index (κ1) is 34.4. The lowest BCUT2D eigenvalue weighted by molar-refractivity contribution is 0.198. The van der Waals surface area contributed by atoms with E-state index in [-0.39, 0.29) is 6.10 Å². The minimum atomic E-state index is 0.0583. The number of ether oxygens (including phenoxy) is 6. The Bertz CT molecular complexity index is 1310. The maximum absolute atomic E-state index is 6.24. The molecule has 0 aromatic heterocycles. The van der Waals surface area contributed by atoms with Gasteiger partial charge in [-0.25, -0.2) is 0 Å². The van der Waals surface area contributed by atoms with E-state index >= 15 is 0 Å². The number of hydrogen-bond donors (Lipinski definition) is 0. The summed E-state index contributed by atoms with van der Waals surface area (Å²) in [4.78, 5) is 0. The van der Waals surface area contributed by atoms with Crippen LogP contribution in [0.25, 0.3) is 24.3 Å². The summed E-state index contributed by atoms with van der Waals surface area (Å²) < 4.78 is 34.9. The molecule has 3 aromatic rings. The van der Waals surface area contributed by atoms with Crippen molar-refractivity contribution < 1.29 is 28.4 Å². The summed E-state index contributed by atoms with van der Waals surface area (Å²) in [7, 11) is 6.61. The van der Waals surface area contributed by atoms with Gasteiger partial charge in [0, 0.05) is 0 Å². The van der Waals surface area contributed by atoms with Crippen molar-refractivity contribution >= 4 is 24.3 Å². The molecule has 0 N–H and O–H groups in total. The van der Waals surface area contributed by atoms with Crippen molar-refractivity contribution in [3.05, 3.63) is 70.8 Å². The van der Waals surface area contributed by atoms with E-state index in [1.807, 2.05) is 37.3 Å². The van der Waals surface area contributed by atoms with E-state index < -0.39 is 0 Å². The van der Waals surface area contributed by atoms with Crippen LogP contribution >= 0.6 is 0 Å². The first-order valence-corrected chi connectivity index (χ1v) is 15.7. The summed E-state index contributed by atoms with van der Waals surface area (Å²) in [6.07, 6.45) is 13.8. The smallest absolute Gasteiger partial charge is 0.203 e. The van der Waals surface area contributed by atoms with E-state index in [2.05, 4.69) is 63.3 Å². The van der Waals surface area contributed by atoms with Crippen LogP contribution in [0.5, 0.6) is 34.5 Å². The van der Waals surface area contributed by atoms with Gasteiger partial charge in [-0.05, 0) is 72.2 Å². The molecule has 0 aliphatic carbocycles. The molecule has 0 heterocycles. The van der Waals surface area contributed by atoms with Gasteiger partial charge in [-0.3, -0.25) is 0 Å². The van der Waals surface area contributed by atoms with Crippen LogP contribution < -0.4 is 28.4 Å². The lowest BCUT2D eigenvalue weighted by atomic mass is 10.0. The molecule has 0 aliphatic rings. The molecule has 0 aliphatic heterocycles. The van der Waals surface area contributed by atoms with Gasteiger partial charge >= 0.3 is 0 Å². The summed E-state index contributed by atoms with van der Waals surface area (Å²) >= 11 is 0. The van der Waals surface area contributed by atoms with Gasteiger partial charge < -0.3 is 28.4 Å². The molecule has 238 valence electrons. The van der Waals surface area contributed by atoms with Crippen LogP contribution in [0.3, 0.4) is 0 Å². The quantitative estimate of drug-likeness (QED) is 0.135. The second kappa shape index (κ2) is 17.9. The lowest BCUT2D eigenvalue weighted by Crippen LogP contribution is -2.12. The van der Waals surface area contributed by atoms with E-state index in [0.717, 1.165) is 41.5 Å². The van der Waals surface area contributed by atoms with Gasteiger partial charge in [-0.2, -0.15) is 0 Å². The zero-order valence-electron chi connectivity index (χ0n) is 27.8. The van der Waals surface area contributed by atoms with E-state index in [0.29, 0.717) is 47.0 Å². The maximum atomic E-state index is 6.24. The standard InChI is InChI=1S/C38H50O6/c1-9-12-13-28(11-3)26-43-37-33(39-5)22-31(23-34(37)40-6)20-18-29-14-16-30(17-15-29)19-21-32-24-35(41-7)38(36(25-32)42-8)44-27(4)10-2/h14-25,27-28H,9-13,26H2,1-8H3. The molecular weight excluding hydrogens is 552 g/mol. The van der Waals surface area contributed by atoms with E-state index in [1.165, 1.54) is 12.8 Å². The number of methoxy groups -OCH3 is 4. The third kappa shape index (κ3) is 9.73. The molecule has 0 saturated carbocycles. The molecular formula is C38H50O6. The summed E-state index contributed by atoms with van der Waals surface area (Å²) in [5, 5.41) is 0. The number of hydrogen-bond acceptors (Lipinski definition) is 6. The average molecular weight is 603 g/mol. The second-order valence-electron chi connectivity index (χ2n) is 10.9. The van der Waals surface area contributed by atoms with E-state index in [9.17, 15) is 0 Å². The van der Waals surface area contributed by atoms with Crippen molar-refractivity contribution in [1.29, 1.82) is 0 Å². The zero-order valence-corrected chi connectivity index (χ0v) is 27.8. The summed E-state index contributed by atoms with van der Waals surface area (Å²) in [5.74, 6) is 4.44. The fourth-order valence-electron chi connectivity index (χ4n) is 4.74. The summed E-state index contributed by atoms with van der Waals surface area (Å²) in [6, 6.07) is 16.3. The Kier molecular flexibility index (Phi) is 14.0. The minimum Gasteiger partial charge on any atom is -0.493 e. The predicted molar refractivity (Wildman–Crippen MR) is 183 cm³/mol. The van der Waals surface area contributed by atoms with Crippen molar-refractivity contribution in [3.63, 3.8) is 0 Å². The van der Waals surface area contributed by atoms with Gasteiger partial charge in [0.25, 0.3) is 0 Å². The topological polar surface area (TPSA) is 55.4 Å². The van der Waals surface area contributed by atoms with E-state index in [4.69, 9.17) is 28.4 Å². The van der Waals surface area contributed by atoms with Crippen molar-refractivity contribution in [2.24, 2.45) is 5.92 Å². The maximum Gasteiger partial charge on any atom is 0.203 e. The first-order chi connectivity index (χ1) is 21.4. The van der Waals surface area contributed by atoms with Crippen LogP contribution in [0.2, 0.25) is 0 Å². The highest BCUT2D eigenvalue weighted by molar-refractivity contribution is 5.75. The van der Waals surface area contributed by atoms with Crippen molar-refractivity contribution in [2.45, 2.75) is 65.9 Å². The van der Waals surface area contributed by atoms with Gasteiger partial charge in [-0.15, -0.1) is 0 Å². The first-order valence-electron chi connectivity index (χ1n) is 15.7. The number of unbranched alkanes of at least 4 members (excludes halogenated alkanes) is 1. The third-order valence-corrected chi connectivity index (χ3v) is 7.74. The van der Waals surface area contributed by atoms with Crippen LogP contribution in [0.15, 0.2) is 48.5 Å². The van der Waals surface area contributed by atoms with Crippen molar-refractivity contribution in [2.75, 3.05) is 35.0 Å². The van der Waals surface area contributed by atoms with Gasteiger partial charge in [0.1, 0.15) is 0 Å². The molecule has 3 rings (SSSR count). The number of rotatable bonds is 18. The Hall–Kier alpha value is -4.06. The van der Waals surface area contributed by atoms with E-state index in [1.54, 1.807) is 28.4 Å². The van der Waals surface area contributed by atoms with Gasteiger partial charge in [0.2, 0.25) is 11.5 Å². The second-order valence-corrected chi connectivity index (χ2v) is 10.9. The van der Waals surface area contributed by atoms with Crippen LogP contribution in [0, 0.1) is 5.92 Å². The average Bonchev–Trinajstić information content (AvgIpc) is 3.06. The molecule has 0 saturated heterocycles. The summed E-state index contributed by atoms with van der Waals surface area (Å²) in [5.41, 5.74) is 4.09. The molecule has 2 atom stereocenters. The summed E-state index contributed by atoms with van der Waals surface area (Å²) in [6.45, 7) is 9.20. The van der Waals surface area contributed by atoms with Gasteiger partial charge in [-0.1, -0.05) is 88.6 Å². The van der Waals surface area contributed by atoms with Crippen molar-refractivity contribution in [1.82, 2.24) is 0 Å². The molecule has 0 amide bonds. The molecule has 0 fully saturated rings. The largest absolute Gasteiger partial charge is 0.493 e. The van der Waals surface area contributed by atoms with Crippen LogP contribution in [-0.4, -0.2) is 41.2 Å². The Morgan fingerprint density at radius 3 is 1.41 bits per heavy atom. The predicted octanol–water partition coefficient (Wildman–Crippen LogP) is 9.83. The molecule has 6 heteroatoms. The highest BCUT2D eigenvalue weighted by atomic mass is 16.5. The van der Waals surface area contributed by atoms with Crippen LogP contribution in [-0.2, 0) is 0 Å². The fourth-order valence-corrected chi connectivity index (χ4v) is 4.74. The third-order valence-electron chi connectivity index (χ3n) is 7.74. The van der Waals surface area contributed by atoms with Gasteiger partial charge in [0.15, 0.2) is 23.0 Å². The van der Waals surface area contributed by atoms with Gasteiger partial charge in [0.05, 0.1) is 41.2 Å². The van der Waals surface area contributed by atoms with Crippen molar-refractivity contribution in [3.8, 4) is 34.5 Å². The molecule has 44 heavy (non-hydrogen) atoms. The molecule has 6 nitrogen and oxygen atoms in total.